The van der Waals surface area contributed by atoms with Gasteiger partial charge in [-0.3, -0.25) is 0 Å². The largest absolute Gasteiger partial charge is 0.303 e. The number of carbonyl (C=O) groups excluding carboxylic acids is 1. The first-order valence-electron chi connectivity index (χ1n) is 4.09. The summed E-state index contributed by atoms with van der Waals surface area (Å²) in [6.45, 7) is 8.39. The summed E-state index contributed by atoms with van der Waals surface area (Å²) in [5, 5.41) is 0. The molecule has 0 aromatic rings. The molecule has 60 valence electrons. The summed E-state index contributed by atoms with van der Waals surface area (Å²) in [5.74, 6) is 0.472. The van der Waals surface area contributed by atoms with Crippen LogP contribution >= 0.6 is 0 Å². The third-order valence-corrected chi connectivity index (χ3v) is 2.70. The van der Waals surface area contributed by atoms with Crippen molar-refractivity contribution in [1.29, 1.82) is 0 Å². The number of aldehydes is 1. The lowest BCUT2D eigenvalue weighted by molar-refractivity contribution is -0.118. The van der Waals surface area contributed by atoms with Crippen molar-refractivity contribution in [2.45, 2.75) is 40.5 Å². The lowest BCUT2D eigenvalue weighted by Gasteiger charge is -2.29. The quantitative estimate of drug-likeness (QED) is 0.551. The van der Waals surface area contributed by atoms with Crippen LogP contribution in [0.25, 0.3) is 0 Å². The molecule has 0 rings (SSSR count). The van der Waals surface area contributed by atoms with Gasteiger partial charge in [-0.25, -0.2) is 0 Å². The van der Waals surface area contributed by atoms with Gasteiger partial charge in [-0.2, -0.15) is 0 Å². The lowest BCUT2D eigenvalue weighted by Crippen LogP contribution is -2.27. The maximum Gasteiger partial charge on any atom is 0.126 e. The molecule has 1 heteroatoms. The molecule has 0 saturated carbocycles. The number of rotatable bonds is 4. The maximum atomic E-state index is 10.7. The number of hydrogen-bond donors (Lipinski definition) is 0. The highest BCUT2D eigenvalue weighted by Gasteiger charge is 2.28. The summed E-state index contributed by atoms with van der Waals surface area (Å²) in [6.07, 6.45) is 3.05. The van der Waals surface area contributed by atoms with Crippen molar-refractivity contribution in [3.63, 3.8) is 0 Å². The molecule has 0 saturated heterocycles. The molecule has 0 aliphatic carbocycles. The molecule has 0 radical (unpaired) electrons. The van der Waals surface area contributed by atoms with Gasteiger partial charge in [-0.15, -0.1) is 0 Å². The van der Waals surface area contributed by atoms with Crippen molar-refractivity contribution in [2.75, 3.05) is 0 Å². The Kier molecular flexibility index (Phi) is 3.62. The molecule has 0 unspecified atom stereocenters. The molecule has 0 bridgehead atoms. The first-order chi connectivity index (χ1) is 4.63. The van der Waals surface area contributed by atoms with Gasteiger partial charge in [-0.1, -0.05) is 27.7 Å². The molecule has 1 nitrogen and oxygen atoms in total. The fourth-order valence-electron chi connectivity index (χ4n) is 1.37. The van der Waals surface area contributed by atoms with Crippen LogP contribution in [0.3, 0.4) is 0 Å². The first-order valence-corrected chi connectivity index (χ1v) is 4.09. The molecule has 0 N–H and O–H groups in total. The van der Waals surface area contributed by atoms with Crippen LogP contribution in [0.2, 0.25) is 0 Å². The van der Waals surface area contributed by atoms with Crippen LogP contribution in [0, 0.1) is 11.3 Å². The van der Waals surface area contributed by atoms with Gasteiger partial charge >= 0.3 is 0 Å². The highest BCUT2D eigenvalue weighted by Crippen LogP contribution is 2.32. The van der Waals surface area contributed by atoms with Crippen LogP contribution in [-0.2, 0) is 4.79 Å². The molecule has 0 amide bonds. The summed E-state index contributed by atoms with van der Waals surface area (Å²) >= 11 is 0. The summed E-state index contributed by atoms with van der Waals surface area (Å²) in [7, 11) is 0. The predicted molar refractivity (Wildman–Crippen MR) is 43.9 cm³/mol. The van der Waals surface area contributed by atoms with E-state index in [1.807, 2.05) is 0 Å². The number of carbonyl (C=O) groups is 1. The van der Waals surface area contributed by atoms with Crippen molar-refractivity contribution in [2.24, 2.45) is 11.3 Å². The Bertz CT molecular complexity index is 101. The molecular weight excluding hydrogens is 124 g/mol. The smallest absolute Gasteiger partial charge is 0.126 e. The maximum absolute atomic E-state index is 10.7. The second-order valence-electron chi connectivity index (χ2n) is 3.21. The van der Waals surface area contributed by atoms with E-state index >= 15 is 0 Å². The summed E-state index contributed by atoms with van der Waals surface area (Å²) in [6, 6.07) is 0. The van der Waals surface area contributed by atoms with E-state index in [1.54, 1.807) is 0 Å². The predicted octanol–water partition coefficient (Wildman–Crippen LogP) is 2.65. The van der Waals surface area contributed by atoms with Gasteiger partial charge < -0.3 is 4.79 Å². The van der Waals surface area contributed by atoms with Gasteiger partial charge in [0.2, 0.25) is 0 Å². The SMILES string of the molecule is CCC(C=O)(CC)C(C)C. The Morgan fingerprint density at radius 3 is 1.70 bits per heavy atom. The molecule has 0 aromatic heterocycles. The highest BCUT2D eigenvalue weighted by atomic mass is 16.1. The van der Waals surface area contributed by atoms with Crippen LogP contribution in [0.4, 0.5) is 0 Å². The molecule has 0 aliphatic rings. The lowest BCUT2D eigenvalue weighted by atomic mass is 9.74. The average Bonchev–Trinajstić information content (AvgIpc) is 1.92. The van der Waals surface area contributed by atoms with E-state index in [0.29, 0.717) is 5.92 Å². The molecule has 0 fully saturated rings. The topological polar surface area (TPSA) is 17.1 Å². The van der Waals surface area contributed by atoms with E-state index in [9.17, 15) is 4.79 Å². The van der Waals surface area contributed by atoms with Crippen LogP contribution in [0.15, 0.2) is 0 Å². The average molecular weight is 142 g/mol. The van der Waals surface area contributed by atoms with Gasteiger partial charge in [0.05, 0.1) is 0 Å². The van der Waals surface area contributed by atoms with E-state index in [1.165, 1.54) is 0 Å². The monoisotopic (exact) mass is 142 g/mol. The molecule has 0 spiro atoms. The molecule has 10 heavy (non-hydrogen) atoms. The zero-order chi connectivity index (χ0) is 8.20. The molecule has 0 atom stereocenters. The normalized spacial score (nSPS) is 12.1. The zero-order valence-electron chi connectivity index (χ0n) is 7.48. The van der Waals surface area contributed by atoms with E-state index in [0.717, 1.165) is 19.1 Å². The minimum absolute atomic E-state index is 0.0556. The third-order valence-electron chi connectivity index (χ3n) is 2.70. The van der Waals surface area contributed by atoms with Gasteiger partial charge in [0.25, 0.3) is 0 Å². The molecular formula is C9H18O. The van der Waals surface area contributed by atoms with Crippen LogP contribution in [0.5, 0.6) is 0 Å². The van der Waals surface area contributed by atoms with Crippen molar-refractivity contribution in [1.82, 2.24) is 0 Å². The Labute approximate surface area is 63.8 Å². The zero-order valence-corrected chi connectivity index (χ0v) is 7.48. The van der Waals surface area contributed by atoms with Gasteiger partial charge in [0.15, 0.2) is 0 Å². The van der Waals surface area contributed by atoms with Gasteiger partial charge in [-0.05, 0) is 18.8 Å². The Morgan fingerprint density at radius 1 is 1.30 bits per heavy atom. The van der Waals surface area contributed by atoms with Crippen molar-refractivity contribution < 1.29 is 4.79 Å². The van der Waals surface area contributed by atoms with Crippen LogP contribution < -0.4 is 0 Å². The fourth-order valence-corrected chi connectivity index (χ4v) is 1.37. The molecule has 0 aliphatic heterocycles. The van der Waals surface area contributed by atoms with Crippen molar-refractivity contribution in [3.8, 4) is 0 Å². The Morgan fingerprint density at radius 2 is 1.70 bits per heavy atom. The number of hydrogen-bond acceptors (Lipinski definition) is 1. The summed E-state index contributed by atoms with van der Waals surface area (Å²) in [5.41, 5.74) is -0.0556. The van der Waals surface area contributed by atoms with Crippen LogP contribution in [0.1, 0.15) is 40.5 Å². The van der Waals surface area contributed by atoms with E-state index in [2.05, 4.69) is 27.7 Å². The van der Waals surface area contributed by atoms with Crippen molar-refractivity contribution >= 4 is 6.29 Å². The van der Waals surface area contributed by atoms with Crippen molar-refractivity contribution in [3.05, 3.63) is 0 Å². The van der Waals surface area contributed by atoms with Gasteiger partial charge in [0, 0.05) is 5.41 Å². The molecule has 0 heterocycles. The standard InChI is InChI=1S/C9H18O/c1-5-9(6-2,7-10)8(3)4/h7-8H,5-6H2,1-4H3. The fraction of sp³-hybridized carbons (Fsp3) is 0.889. The Hall–Kier alpha value is -0.330. The summed E-state index contributed by atoms with van der Waals surface area (Å²) in [4.78, 5) is 10.7. The molecule has 0 aromatic carbocycles. The van der Waals surface area contributed by atoms with E-state index < -0.39 is 0 Å². The minimum Gasteiger partial charge on any atom is -0.303 e. The first kappa shape index (κ1) is 9.67. The van der Waals surface area contributed by atoms with E-state index in [-0.39, 0.29) is 5.41 Å². The van der Waals surface area contributed by atoms with E-state index in [4.69, 9.17) is 0 Å². The third kappa shape index (κ3) is 1.59. The minimum atomic E-state index is -0.0556. The highest BCUT2D eigenvalue weighted by molar-refractivity contribution is 5.59. The second kappa shape index (κ2) is 3.75. The van der Waals surface area contributed by atoms with Crippen LogP contribution in [-0.4, -0.2) is 6.29 Å². The Balaban J connectivity index is 4.30. The second-order valence-corrected chi connectivity index (χ2v) is 3.21. The summed E-state index contributed by atoms with van der Waals surface area (Å²) < 4.78 is 0. The van der Waals surface area contributed by atoms with Gasteiger partial charge in [0.1, 0.15) is 6.29 Å².